The van der Waals surface area contributed by atoms with Crippen LogP contribution < -0.4 is 10.2 Å². The zero-order chi connectivity index (χ0) is 24.5. The van der Waals surface area contributed by atoms with E-state index in [1.807, 2.05) is 13.0 Å². The Hall–Kier alpha value is -3.78. The molecule has 8 heteroatoms. The van der Waals surface area contributed by atoms with Crippen LogP contribution in [-0.4, -0.2) is 54.8 Å². The number of carbonyl (C=O) groups is 4. The molecule has 4 amide bonds. The van der Waals surface area contributed by atoms with Crippen molar-refractivity contribution in [3.8, 4) is 0 Å². The third-order valence-electron chi connectivity index (χ3n) is 6.90. The monoisotopic (exact) mass is 473 g/mol. The number of morpholine rings is 1. The molecule has 0 spiro atoms. The molecule has 0 saturated carbocycles. The van der Waals surface area contributed by atoms with Crippen molar-refractivity contribution in [2.24, 2.45) is 11.8 Å². The molecular weight excluding hydrogens is 446 g/mol. The van der Waals surface area contributed by atoms with Crippen molar-refractivity contribution < 1.29 is 23.9 Å². The van der Waals surface area contributed by atoms with Gasteiger partial charge in [0.05, 0.1) is 36.3 Å². The Balaban J connectivity index is 1.33. The summed E-state index contributed by atoms with van der Waals surface area (Å²) in [6.45, 7) is 4.13. The molecule has 2 saturated heterocycles. The van der Waals surface area contributed by atoms with Gasteiger partial charge in [-0.2, -0.15) is 0 Å². The van der Waals surface area contributed by atoms with Gasteiger partial charge in [0.1, 0.15) is 0 Å². The van der Waals surface area contributed by atoms with Crippen LogP contribution in [0.5, 0.6) is 0 Å². The Kier molecular flexibility index (Phi) is 6.21. The molecule has 0 radical (unpaired) electrons. The SMILES string of the molecule is CC1=CC[C@H]2C(=O)N(c3ccccc3C(=O)Nc3ccc(C(=O)N4CCOCC4)cc3)C(=O)[C@@H]2C1. The highest BCUT2D eigenvalue weighted by atomic mass is 16.5. The molecule has 2 heterocycles. The van der Waals surface area contributed by atoms with Crippen molar-refractivity contribution in [3.05, 3.63) is 71.3 Å². The fourth-order valence-corrected chi connectivity index (χ4v) is 4.98. The van der Waals surface area contributed by atoms with Gasteiger partial charge in [-0.25, -0.2) is 4.90 Å². The second kappa shape index (κ2) is 9.46. The molecule has 2 fully saturated rings. The molecule has 2 atom stereocenters. The van der Waals surface area contributed by atoms with E-state index >= 15 is 0 Å². The van der Waals surface area contributed by atoms with Gasteiger partial charge in [-0.1, -0.05) is 23.8 Å². The normalized spacial score (nSPS) is 22.0. The maximum Gasteiger partial charge on any atom is 0.257 e. The maximum absolute atomic E-state index is 13.2. The number of benzene rings is 2. The molecule has 0 bridgehead atoms. The first-order valence-electron chi connectivity index (χ1n) is 11.8. The first-order chi connectivity index (χ1) is 16.9. The van der Waals surface area contributed by atoms with Crippen molar-refractivity contribution in [3.63, 3.8) is 0 Å². The number of nitrogens with zero attached hydrogens (tertiary/aromatic N) is 2. The number of nitrogens with one attached hydrogen (secondary N) is 1. The molecule has 35 heavy (non-hydrogen) atoms. The quantitative estimate of drug-likeness (QED) is 0.543. The molecule has 180 valence electrons. The number of allylic oxidation sites excluding steroid dienone is 2. The first-order valence-corrected chi connectivity index (χ1v) is 11.8. The Labute approximate surface area is 203 Å². The number of amides is 4. The standard InChI is InChI=1S/C27H27N3O5/c1-17-6-11-20-22(16-17)27(34)30(26(20)33)23-5-3-2-4-21(23)24(31)28-19-9-7-18(8-10-19)25(32)29-12-14-35-15-13-29/h2-10,20,22H,11-16H2,1H3,(H,28,31)/t20-,22-/m1/s1. The van der Waals surface area contributed by atoms with E-state index in [2.05, 4.69) is 5.32 Å². The predicted octanol–water partition coefficient (Wildman–Crippen LogP) is 3.26. The zero-order valence-electron chi connectivity index (χ0n) is 19.5. The van der Waals surface area contributed by atoms with Crippen LogP contribution in [0.15, 0.2) is 60.2 Å². The van der Waals surface area contributed by atoms with Crippen LogP contribution in [0.3, 0.4) is 0 Å². The van der Waals surface area contributed by atoms with Crippen LogP contribution >= 0.6 is 0 Å². The molecule has 1 N–H and O–H groups in total. The highest BCUT2D eigenvalue weighted by Crippen LogP contribution is 2.40. The third kappa shape index (κ3) is 4.37. The number of hydrogen-bond acceptors (Lipinski definition) is 5. The van der Waals surface area contributed by atoms with E-state index in [4.69, 9.17) is 4.74 Å². The summed E-state index contributed by atoms with van der Waals surface area (Å²) < 4.78 is 5.29. The van der Waals surface area contributed by atoms with Crippen molar-refractivity contribution in [2.75, 3.05) is 36.5 Å². The molecule has 2 aromatic rings. The second-order valence-corrected chi connectivity index (χ2v) is 9.17. The highest BCUT2D eigenvalue weighted by Gasteiger charge is 2.49. The van der Waals surface area contributed by atoms with Crippen molar-refractivity contribution >= 4 is 35.0 Å². The molecule has 2 aromatic carbocycles. The minimum Gasteiger partial charge on any atom is -0.378 e. The lowest BCUT2D eigenvalue weighted by molar-refractivity contribution is -0.122. The number of carbonyl (C=O) groups excluding carboxylic acids is 4. The number of rotatable bonds is 4. The van der Waals surface area contributed by atoms with Gasteiger partial charge in [-0.05, 0) is 56.2 Å². The smallest absolute Gasteiger partial charge is 0.257 e. The van der Waals surface area contributed by atoms with Gasteiger partial charge in [0.2, 0.25) is 11.8 Å². The Morgan fingerprint density at radius 3 is 2.37 bits per heavy atom. The summed E-state index contributed by atoms with van der Waals surface area (Å²) in [6.07, 6.45) is 3.12. The molecule has 5 rings (SSSR count). The van der Waals surface area contributed by atoms with E-state index in [1.165, 1.54) is 4.90 Å². The van der Waals surface area contributed by atoms with Crippen LogP contribution in [0, 0.1) is 11.8 Å². The van der Waals surface area contributed by atoms with E-state index in [-0.39, 0.29) is 35.1 Å². The number of hydrogen-bond donors (Lipinski definition) is 1. The summed E-state index contributed by atoms with van der Waals surface area (Å²) in [4.78, 5) is 55.0. The lowest BCUT2D eigenvalue weighted by atomic mass is 9.82. The summed E-state index contributed by atoms with van der Waals surface area (Å²) in [5.74, 6) is -1.76. The van der Waals surface area contributed by atoms with Gasteiger partial charge < -0.3 is 15.0 Å². The summed E-state index contributed by atoms with van der Waals surface area (Å²) in [7, 11) is 0. The largest absolute Gasteiger partial charge is 0.378 e. The van der Waals surface area contributed by atoms with E-state index in [1.54, 1.807) is 53.4 Å². The number of para-hydroxylation sites is 1. The number of anilines is 2. The lowest BCUT2D eigenvalue weighted by Crippen LogP contribution is -2.40. The summed E-state index contributed by atoms with van der Waals surface area (Å²) >= 11 is 0. The fraction of sp³-hybridized carbons (Fsp3) is 0.333. The zero-order valence-corrected chi connectivity index (χ0v) is 19.5. The van der Waals surface area contributed by atoms with E-state index in [9.17, 15) is 19.2 Å². The van der Waals surface area contributed by atoms with Gasteiger partial charge in [0.25, 0.3) is 11.8 Å². The summed E-state index contributed by atoms with van der Waals surface area (Å²) in [5.41, 5.74) is 2.69. The molecule has 1 aliphatic carbocycles. The van der Waals surface area contributed by atoms with E-state index < -0.39 is 5.91 Å². The number of imide groups is 1. The second-order valence-electron chi connectivity index (χ2n) is 9.17. The van der Waals surface area contributed by atoms with Crippen molar-refractivity contribution in [1.82, 2.24) is 4.90 Å². The van der Waals surface area contributed by atoms with E-state index in [0.29, 0.717) is 56.1 Å². The maximum atomic E-state index is 13.2. The van der Waals surface area contributed by atoms with E-state index in [0.717, 1.165) is 5.57 Å². The first kappa shape index (κ1) is 23.0. The predicted molar refractivity (Wildman–Crippen MR) is 130 cm³/mol. The molecule has 0 unspecified atom stereocenters. The van der Waals surface area contributed by atoms with Gasteiger partial charge in [0, 0.05) is 24.3 Å². The summed E-state index contributed by atoms with van der Waals surface area (Å²) in [5, 5.41) is 2.82. The number of fused-ring (bicyclic) bond motifs is 1. The van der Waals surface area contributed by atoms with Gasteiger partial charge in [-0.15, -0.1) is 0 Å². The van der Waals surface area contributed by atoms with Gasteiger partial charge in [0.15, 0.2) is 0 Å². The van der Waals surface area contributed by atoms with Crippen LogP contribution in [0.25, 0.3) is 0 Å². The molecule has 8 nitrogen and oxygen atoms in total. The minimum absolute atomic E-state index is 0.0752. The average molecular weight is 474 g/mol. The Bertz CT molecular complexity index is 1210. The lowest BCUT2D eigenvalue weighted by Gasteiger charge is -2.26. The van der Waals surface area contributed by atoms with Gasteiger partial charge in [-0.3, -0.25) is 19.2 Å². The van der Waals surface area contributed by atoms with Crippen LogP contribution in [0.2, 0.25) is 0 Å². The topological polar surface area (TPSA) is 96.0 Å². The highest BCUT2D eigenvalue weighted by molar-refractivity contribution is 6.25. The third-order valence-corrected chi connectivity index (χ3v) is 6.90. The molecule has 3 aliphatic rings. The van der Waals surface area contributed by atoms with Gasteiger partial charge >= 0.3 is 0 Å². The van der Waals surface area contributed by atoms with Crippen LogP contribution in [-0.2, 0) is 14.3 Å². The Morgan fingerprint density at radius 1 is 0.943 bits per heavy atom. The summed E-state index contributed by atoms with van der Waals surface area (Å²) in [6, 6.07) is 13.3. The Morgan fingerprint density at radius 2 is 1.63 bits per heavy atom. The van der Waals surface area contributed by atoms with Crippen LogP contribution in [0.4, 0.5) is 11.4 Å². The fourth-order valence-electron chi connectivity index (χ4n) is 4.98. The molecular formula is C27H27N3O5. The minimum atomic E-state index is -0.433. The van der Waals surface area contributed by atoms with Crippen molar-refractivity contribution in [2.45, 2.75) is 19.8 Å². The molecule has 2 aliphatic heterocycles. The van der Waals surface area contributed by atoms with Crippen molar-refractivity contribution in [1.29, 1.82) is 0 Å². The average Bonchev–Trinajstić information content (AvgIpc) is 3.13. The van der Waals surface area contributed by atoms with Crippen LogP contribution in [0.1, 0.15) is 40.5 Å². The molecule has 0 aromatic heterocycles. The number of ether oxygens (including phenoxy) is 1.